The van der Waals surface area contributed by atoms with Crippen LogP contribution in [0.1, 0.15) is 43.6 Å². The first-order valence-corrected chi connectivity index (χ1v) is 7.56. The summed E-state index contributed by atoms with van der Waals surface area (Å²) in [6.07, 6.45) is 9.04. The van der Waals surface area contributed by atoms with Gasteiger partial charge in [0.2, 0.25) is 0 Å². The number of hydrogen-bond acceptors (Lipinski definition) is 2. The molecule has 2 bridgehead atoms. The zero-order chi connectivity index (χ0) is 12.1. The van der Waals surface area contributed by atoms with Crippen LogP contribution in [0.5, 0.6) is 0 Å². The molecule has 0 spiro atoms. The maximum atomic E-state index is 5.88. The van der Waals surface area contributed by atoms with Crippen LogP contribution in [-0.4, -0.2) is 28.5 Å². The highest BCUT2D eigenvalue weighted by Gasteiger charge is 2.47. The Kier molecular flexibility index (Phi) is 2.63. The fourth-order valence-electron chi connectivity index (χ4n) is 3.95. The molecule has 0 N–H and O–H groups in total. The molecular formula is C15H19ClN2. The number of nitrogens with zero attached hydrogens (tertiary/aromatic N) is 2. The molecule has 3 heterocycles. The molecular weight excluding hydrogens is 244 g/mol. The molecule has 2 saturated heterocycles. The van der Waals surface area contributed by atoms with E-state index in [4.69, 9.17) is 11.6 Å². The van der Waals surface area contributed by atoms with Gasteiger partial charge in [0.05, 0.1) is 0 Å². The highest BCUT2D eigenvalue weighted by molar-refractivity contribution is 6.29. The summed E-state index contributed by atoms with van der Waals surface area (Å²) in [6, 6.07) is 5.74. The largest absolute Gasteiger partial charge is 0.297 e. The molecule has 0 radical (unpaired) electrons. The van der Waals surface area contributed by atoms with E-state index in [0.29, 0.717) is 11.1 Å². The van der Waals surface area contributed by atoms with Crippen LogP contribution in [0.3, 0.4) is 0 Å². The molecule has 1 aliphatic carbocycles. The second-order valence-corrected chi connectivity index (χ2v) is 6.58. The first-order valence-electron chi connectivity index (χ1n) is 7.18. The molecule has 2 aliphatic heterocycles. The van der Waals surface area contributed by atoms with Crippen molar-refractivity contribution in [2.24, 2.45) is 5.92 Å². The van der Waals surface area contributed by atoms with Crippen molar-refractivity contribution in [3.8, 4) is 0 Å². The van der Waals surface area contributed by atoms with Crippen LogP contribution in [0.25, 0.3) is 0 Å². The van der Waals surface area contributed by atoms with E-state index >= 15 is 0 Å². The van der Waals surface area contributed by atoms with Gasteiger partial charge in [0.15, 0.2) is 0 Å². The first kappa shape index (κ1) is 11.2. The van der Waals surface area contributed by atoms with Crippen LogP contribution >= 0.6 is 11.6 Å². The van der Waals surface area contributed by atoms with Gasteiger partial charge in [0.25, 0.3) is 0 Å². The predicted molar refractivity (Wildman–Crippen MR) is 72.8 cm³/mol. The van der Waals surface area contributed by atoms with Crippen LogP contribution in [0.4, 0.5) is 0 Å². The van der Waals surface area contributed by atoms with Gasteiger partial charge in [-0.2, -0.15) is 0 Å². The Morgan fingerprint density at radius 1 is 1.22 bits per heavy atom. The lowest BCUT2D eigenvalue weighted by molar-refractivity contribution is 0.237. The second kappa shape index (κ2) is 4.21. The van der Waals surface area contributed by atoms with E-state index in [9.17, 15) is 0 Å². The van der Waals surface area contributed by atoms with Crippen molar-refractivity contribution < 1.29 is 0 Å². The van der Waals surface area contributed by atoms with Gasteiger partial charge in [-0.05, 0) is 49.7 Å². The van der Waals surface area contributed by atoms with Crippen LogP contribution in [0, 0.1) is 5.92 Å². The van der Waals surface area contributed by atoms with Gasteiger partial charge in [-0.25, -0.2) is 4.98 Å². The molecule has 3 heteroatoms. The lowest BCUT2D eigenvalue weighted by Crippen LogP contribution is -2.31. The van der Waals surface area contributed by atoms with E-state index in [1.807, 2.05) is 12.3 Å². The summed E-state index contributed by atoms with van der Waals surface area (Å²) >= 11 is 5.88. The summed E-state index contributed by atoms with van der Waals surface area (Å²) in [7, 11) is 0. The van der Waals surface area contributed by atoms with Gasteiger partial charge >= 0.3 is 0 Å². The zero-order valence-corrected chi connectivity index (χ0v) is 11.3. The zero-order valence-electron chi connectivity index (χ0n) is 10.6. The summed E-state index contributed by atoms with van der Waals surface area (Å²) < 4.78 is 0. The van der Waals surface area contributed by atoms with E-state index in [0.717, 1.165) is 18.0 Å². The standard InChI is InChI=1S/C15H19ClN2/c16-15-6-3-11(8-17-15)13-7-12-4-5-14(13)18(12)9-10-1-2-10/h3,6,8,10,12-14H,1-2,4-5,7,9H2. The van der Waals surface area contributed by atoms with Gasteiger partial charge in [0, 0.05) is 30.7 Å². The molecule has 1 saturated carbocycles. The summed E-state index contributed by atoms with van der Waals surface area (Å²) in [5, 5.41) is 0.608. The van der Waals surface area contributed by atoms with Crippen molar-refractivity contribution in [1.82, 2.24) is 9.88 Å². The van der Waals surface area contributed by atoms with Crippen molar-refractivity contribution in [3.63, 3.8) is 0 Å². The van der Waals surface area contributed by atoms with E-state index < -0.39 is 0 Å². The average Bonchev–Trinajstić information content (AvgIpc) is 3.05. The van der Waals surface area contributed by atoms with E-state index in [1.165, 1.54) is 44.2 Å². The van der Waals surface area contributed by atoms with E-state index in [1.54, 1.807) is 0 Å². The molecule has 4 rings (SSSR count). The highest BCUT2D eigenvalue weighted by atomic mass is 35.5. The molecule has 3 unspecified atom stereocenters. The van der Waals surface area contributed by atoms with Crippen LogP contribution in [0.2, 0.25) is 5.15 Å². The third-order valence-corrected chi connectivity index (χ3v) is 5.25. The van der Waals surface area contributed by atoms with Crippen molar-refractivity contribution in [2.45, 2.75) is 50.1 Å². The number of aromatic nitrogens is 1. The Balaban J connectivity index is 1.55. The molecule has 3 aliphatic rings. The third-order valence-electron chi connectivity index (χ3n) is 5.03. The molecule has 1 aromatic rings. The van der Waals surface area contributed by atoms with Crippen LogP contribution in [-0.2, 0) is 0 Å². The lowest BCUT2D eigenvalue weighted by atomic mass is 9.85. The van der Waals surface area contributed by atoms with Crippen molar-refractivity contribution in [1.29, 1.82) is 0 Å². The molecule has 18 heavy (non-hydrogen) atoms. The van der Waals surface area contributed by atoms with Crippen molar-refractivity contribution >= 4 is 11.6 Å². The third kappa shape index (κ3) is 1.86. The maximum absolute atomic E-state index is 5.88. The monoisotopic (exact) mass is 262 g/mol. The van der Waals surface area contributed by atoms with Gasteiger partial charge in [0.1, 0.15) is 5.15 Å². The van der Waals surface area contributed by atoms with Gasteiger partial charge in [-0.15, -0.1) is 0 Å². The first-order chi connectivity index (χ1) is 8.81. The van der Waals surface area contributed by atoms with Crippen LogP contribution in [0.15, 0.2) is 18.3 Å². The molecule has 96 valence electrons. The minimum atomic E-state index is 0.608. The topological polar surface area (TPSA) is 16.1 Å². The summed E-state index contributed by atoms with van der Waals surface area (Å²) in [4.78, 5) is 7.06. The smallest absolute Gasteiger partial charge is 0.129 e. The molecule has 2 nitrogen and oxygen atoms in total. The average molecular weight is 263 g/mol. The Labute approximate surface area is 113 Å². The second-order valence-electron chi connectivity index (χ2n) is 6.20. The van der Waals surface area contributed by atoms with E-state index in [2.05, 4.69) is 16.0 Å². The summed E-state index contributed by atoms with van der Waals surface area (Å²) in [6.45, 7) is 1.35. The number of rotatable bonds is 3. The summed E-state index contributed by atoms with van der Waals surface area (Å²) in [5.41, 5.74) is 1.40. The van der Waals surface area contributed by atoms with E-state index in [-0.39, 0.29) is 0 Å². The van der Waals surface area contributed by atoms with Crippen molar-refractivity contribution in [3.05, 3.63) is 29.0 Å². The molecule has 3 fully saturated rings. The number of halogens is 1. The lowest BCUT2D eigenvalue weighted by Gasteiger charge is -2.24. The minimum Gasteiger partial charge on any atom is -0.297 e. The van der Waals surface area contributed by atoms with Crippen LogP contribution < -0.4 is 0 Å². The normalized spacial score (nSPS) is 35.3. The predicted octanol–water partition coefficient (Wildman–Crippen LogP) is 3.47. The number of pyridine rings is 1. The quantitative estimate of drug-likeness (QED) is 0.776. The van der Waals surface area contributed by atoms with Gasteiger partial charge < -0.3 is 0 Å². The number of fused-ring (bicyclic) bond motifs is 2. The minimum absolute atomic E-state index is 0.608. The Hall–Kier alpha value is -0.600. The van der Waals surface area contributed by atoms with Gasteiger partial charge in [-0.1, -0.05) is 17.7 Å². The Bertz CT molecular complexity index is 440. The Morgan fingerprint density at radius 2 is 2.11 bits per heavy atom. The SMILES string of the molecule is Clc1ccc(C2CC3CCC2N3CC2CC2)cn1. The van der Waals surface area contributed by atoms with Crippen molar-refractivity contribution in [2.75, 3.05) is 6.54 Å². The molecule has 0 aromatic carbocycles. The fraction of sp³-hybridized carbons (Fsp3) is 0.667. The molecule has 0 amide bonds. The molecule has 3 atom stereocenters. The fourth-order valence-corrected chi connectivity index (χ4v) is 4.06. The maximum Gasteiger partial charge on any atom is 0.129 e. The summed E-state index contributed by atoms with van der Waals surface area (Å²) in [5.74, 6) is 1.71. The Morgan fingerprint density at radius 3 is 2.83 bits per heavy atom. The van der Waals surface area contributed by atoms with Gasteiger partial charge in [-0.3, -0.25) is 4.90 Å². The molecule has 1 aromatic heterocycles. The number of hydrogen-bond donors (Lipinski definition) is 0. The highest BCUT2D eigenvalue weighted by Crippen LogP contribution is 2.48.